The molecule has 4 heteroatoms. The van der Waals surface area contributed by atoms with Gasteiger partial charge in [-0.2, -0.15) is 0 Å². The highest BCUT2D eigenvalue weighted by atomic mass is 16.6. The van der Waals surface area contributed by atoms with Crippen molar-refractivity contribution in [3.63, 3.8) is 0 Å². The van der Waals surface area contributed by atoms with E-state index in [0.29, 0.717) is 11.8 Å². The number of fused-ring (bicyclic) bond motifs is 4. The lowest BCUT2D eigenvalue weighted by molar-refractivity contribution is -0.202. The van der Waals surface area contributed by atoms with Gasteiger partial charge >= 0.3 is 11.9 Å². The van der Waals surface area contributed by atoms with Crippen LogP contribution in [0.4, 0.5) is 0 Å². The molecule has 0 aromatic carbocycles. The predicted octanol–water partition coefficient (Wildman–Crippen LogP) is 7.26. The van der Waals surface area contributed by atoms with Gasteiger partial charge in [0.25, 0.3) is 0 Å². The first-order valence-corrected chi connectivity index (χ1v) is 14.6. The van der Waals surface area contributed by atoms with E-state index in [9.17, 15) is 9.59 Å². The van der Waals surface area contributed by atoms with Crippen LogP contribution in [0.1, 0.15) is 114 Å². The zero-order valence-corrected chi connectivity index (χ0v) is 24.2. The fourth-order valence-electron chi connectivity index (χ4n) is 11.7. The zero-order valence-electron chi connectivity index (χ0n) is 24.2. The van der Waals surface area contributed by atoms with Gasteiger partial charge in [-0.1, -0.05) is 61.5 Å². The van der Waals surface area contributed by atoms with Crippen molar-refractivity contribution in [2.45, 2.75) is 126 Å². The van der Waals surface area contributed by atoms with E-state index in [4.69, 9.17) is 9.47 Å². The zero-order chi connectivity index (χ0) is 26.3. The molecule has 200 valence electrons. The van der Waals surface area contributed by atoms with Gasteiger partial charge in [-0.3, -0.25) is 9.59 Å². The maximum Gasteiger partial charge on any atom is 0.317 e. The highest BCUT2D eigenvalue weighted by Gasteiger charge is 2.84. The number of esters is 2. The Morgan fingerprint density at radius 2 is 1.61 bits per heavy atom. The second kappa shape index (κ2) is 6.81. The summed E-state index contributed by atoms with van der Waals surface area (Å²) in [5, 5.41) is 0. The van der Waals surface area contributed by atoms with E-state index in [0.717, 1.165) is 44.9 Å². The van der Waals surface area contributed by atoms with Crippen LogP contribution in [0.5, 0.6) is 0 Å². The summed E-state index contributed by atoms with van der Waals surface area (Å²) < 4.78 is 12.3. The van der Waals surface area contributed by atoms with E-state index < -0.39 is 5.41 Å². The van der Waals surface area contributed by atoms with Crippen LogP contribution >= 0.6 is 0 Å². The maximum absolute atomic E-state index is 14.2. The van der Waals surface area contributed by atoms with Gasteiger partial charge in [0.1, 0.15) is 12.2 Å². The first-order chi connectivity index (χ1) is 16.5. The molecule has 2 bridgehead atoms. The third kappa shape index (κ3) is 2.58. The molecule has 0 radical (unpaired) electrons. The molecular weight excluding hydrogens is 448 g/mol. The fourth-order valence-corrected chi connectivity index (χ4v) is 11.7. The number of hydrogen-bond donors (Lipinski definition) is 0. The fraction of sp³-hybridized carbons (Fsp3) is 0.875. The van der Waals surface area contributed by atoms with E-state index in [-0.39, 0.29) is 56.6 Å². The van der Waals surface area contributed by atoms with Gasteiger partial charge < -0.3 is 9.47 Å². The van der Waals surface area contributed by atoms with Crippen LogP contribution in [0, 0.1) is 49.7 Å². The molecule has 5 fully saturated rings. The molecule has 6 aliphatic rings. The van der Waals surface area contributed by atoms with Crippen LogP contribution in [0.3, 0.4) is 0 Å². The molecule has 9 atom stereocenters. The lowest BCUT2D eigenvalue weighted by Crippen LogP contribution is -2.62. The van der Waals surface area contributed by atoms with Crippen LogP contribution in [0.25, 0.3) is 0 Å². The summed E-state index contributed by atoms with van der Waals surface area (Å²) in [6, 6.07) is 0. The number of allylic oxidation sites excluding steroid dienone is 1. The van der Waals surface area contributed by atoms with Crippen LogP contribution < -0.4 is 0 Å². The second-order valence-corrected chi connectivity index (χ2v) is 16.0. The number of hydrogen-bond acceptors (Lipinski definition) is 4. The minimum atomic E-state index is -0.503. The van der Waals surface area contributed by atoms with E-state index >= 15 is 0 Å². The Balaban J connectivity index is 1.50. The van der Waals surface area contributed by atoms with E-state index in [1.165, 1.54) is 12.0 Å². The smallest absolute Gasteiger partial charge is 0.317 e. The molecular formula is C32H48O4. The Labute approximate surface area is 218 Å². The van der Waals surface area contributed by atoms with Crippen molar-refractivity contribution >= 4 is 11.9 Å². The summed E-state index contributed by atoms with van der Waals surface area (Å²) in [6.45, 7) is 20.8. The van der Waals surface area contributed by atoms with E-state index in [2.05, 4.69) is 61.5 Å². The van der Waals surface area contributed by atoms with Crippen LogP contribution in [0.2, 0.25) is 0 Å². The van der Waals surface area contributed by atoms with E-state index in [1.807, 2.05) is 0 Å². The van der Waals surface area contributed by atoms with Crippen LogP contribution in [-0.4, -0.2) is 24.1 Å². The SMILES string of the molecule is CC(=O)O[C@H]1CC[C@]2(C)[C@H]3C[C@]45C(=O)O[C@H](C[C@@]6(C)CCC(C)(C)C=C64)[C@@]5(C)[C@]3(C)CC[C@H]2C1(C)C. The Morgan fingerprint density at radius 1 is 0.917 bits per heavy atom. The standard InChI is InChI=1S/C32H48O4/c1-19(33)35-23-11-12-29(7)20(27(23,4)5)10-13-30(8)22(29)17-32-21-16-26(2,3)14-15-28(21,6)18-24(31(30,32)9)36-25(32)34/h16,20,22-24H,10-15,17-18H2,1-9H3/t20-,22+,23-,24+,28+,29-,30+,31-,32+/m0/s1. The van der Waals surface area contributed by atoms with Gasteiger partial charge in [-0.25, -0.2) is 0 Å². The molecule has 36 heavy (non-hydrogen) atoms. The largest absolute Gasteiger partial charge is 0.462 e. The Morgan fingerprint density at radius 3 is 2.28 bits per heavy atom. The molecule has 1 saturated heterocycles. The maximum atomic E-state index is 14.2. The number of carbonyl (C=O) groups excluding carboxylic acids is 2. The van der Waals surface area contributed by atoms with Crippen molar-refractivity contribution < 1.29 is 19.1 Å². The molecule has 1 aliphatic heterocycles. The summed E-state index contributed by atoms with van der Waals surface area (Å²) >= 11 is 0. The first-order valence-electron chi connectivity index (χ1n) is 14.6. The van der Waals surface area contributed by atoms with Crippen LogP contribution in [0.15, 0.2) is 11.6 Å². The number of rotatable bonds is 1. The van der Waals surface area contributed by atoms with E-state index in [1.54, 1.807) is 6.92 Å². The third-order valence-corrected chi connectivity index (χ3v) is 13.7. The summed E-state index contributed by atoms with van der Waals surface area (Å²) in [7, 11) is 0. The van der Waals surface area contributed by atoms with Crippen LogP contribution in [-0.2, 0) is 19.1 Å². The van der Waals surface area contributed by atoms with Gasteiger partial charge in [-0.05, 0) is 90.4 Å². The van der Waals surface area contributed by atoms with Gasteiger partial charge in [-0.15, -0.1) is 0 Å². The van der Waals surface area contributed by atoms with Crippen molar-refractivity contribution in [2.24, 2.45) is 49.7 Å². The molecule has 4 nitrogen and oxygen atoms in total. The van der Waals surface area contributed by atoms with Crippen molar-refractivity contribution in [3.8, 4) is 0 Å². The topological polar surface area (TPSA) is 52.6 Å². The van der Waals surface area contributed by atoms with Crippen molar-refractivity contribution in [3.05, 3.63) is 11.6 Å². The molecule has 0 aromatic heterocycles. The number of ether oxygens (including phenoxy) is 2. The molecule has 0 unspecified atom stereocenters. The average molecular weight is 497 g/mol. The summed E-state index contributed by atoms with van der Waals surface area (Å²) in [4.78, 5) is 26.1. The molecule has 1 heterocycles. The molecule has 4 saturated carbocycles. The lowest BCUT2D eigenvalue weighted by atomic mass is 9.39. The lowest BCUT2D eigenvalue weighted by Gasteiger charge is -2.65. The molecule has 5 aliphatic carbocycles. The predicted molar refractivity (Wildman–Crippen MR) is 140 cm³/mol. The van der Waals surface area contributed by atoms with Crippen molar-refractivity contribution in [1.82, 2.24) is 0 Å². The minimum absolute atomic E-state index is 0.00825. The first kappa shape index (κ1) is 25.0. The molecule has 0 N–H and O–H groups in total. The van der Waals surface area contributed by atoms with Crippen molar-refractivity contribution in [1.29, 1.82) is 0 Å². The minimum Gasteiger partial charge on any atom is -0.462 e. The summed E-state index contributed by atoms with van der Waals surface area (Å²) in [5.74, 6) is 0.835. The van der Waals surface area contributed by atoms with Gasteiger partial charge in [0.2, 0.25) is 0 Å². The normalized spacial score (nSPS) is 53.8. The molecule has 0 spiro atoms. The molecule has 0 aromatic rings. The van der Waals surface area contributed by atoms with Gasteiger partial charge in [0.05, 0.1) is 5.41 Å². The Bertz CT molecular complexity index is 1070. The monoisotopic (exact) mass is 496 g/mol. The Hall–Kier alpha value is -1.32. The highest BCUT2D eigenvalue weighted by molar-refractivity contribution is 5.87. The third-order valence-electron chi connectivity index (χ3n) is 13.7. The highest BCUT2D eigenvalue weighted by Crippen LogP contribution is 2.85. The summed E-state index contributed by atoms with van der Waals surface area (Å²) in [5.41, 5.74) is 1.01. The second-order valence-electron chi connectivity index (χ2n) is 16.0. The quantitative estimate of drug-likeness (QED) is 0.283. The summed E-state index contributed by atoms with van der Waals surface area (Å²) in [6.07, 6.45) is 11.0. The average Bonchev–Trinajstić information content (AvgIpc) is 3.07. The van der Waals surface area contributed by atoms with Gasteiger partial charge in [0.15, 0.2) is 0 Å². The number of carbonyl (C=O) groups is 2. The molecule has 0 amide bonds. The van der Waals surface area contributed by atoms with Crippen molar-refractivity contribution in [2.75, 3.05) is 0 Å². The Kier molecular flexibility index (Phi) is 4.73. The molecule has 6 rings (SSSR count). The van der Waals surface area contributed by atoms with Gasteiger partial charge in [0, 0.05) is 17.8 Å².